The van der Waals surface area contributed by atoms with E-state index in [4.69, 9.17) is 16.3 Å². The van der Waals surface area contributed by atoms with Gasteiger partial charge in [0.05, 0.1) is 13.3 Å². The first kappa shape index (κ1) is 20.9. The fourth-order valence-electron chi connectivity index (χ4n) is 3.68. The largest absolute Gasteiger partial charge is 0.495 e. The van der Waals surface area contributed by atoms with Crippen molar-refractivity contribution < 1.29 is 9.53 Å². The molecule has 2 N–H and O–H groups in total. The molecule has 162 valence electrons. The summed E-state index contributed by atoms with van der Waals surface area (Å²) in [5.74, 6) is 1.32. The molecule has 31 heavy (non-hydrogen) atoms. The van der Waals surface area contributed by atoms with E-state index in [-0.39, 0.29) is 18.0 Å². The predicted molar refractivity (Wildman–Crippen MR) is 119 cm³/mol. The maximum absolute atomic E-state index is 12.7. The van der Waals surface area contributed by atoms with Crippen LogP contribution in [0.4, 0.5) is 16.4 Å². The summed E-state index contributed by atoms with van der Waals surface area (Å²) in [4.78, 5) is 23.7. The van der Waals surface area contributed by atoms with Gasteiger partial charge in [0.2, 0.25) is 5.95 Å². The summed E-state index contributed by atoms with van der Waals surface area (Å²) in [5, 5.41) is 11.0. The van der Waals surface area contributed by atoms with Crippen LogP contribution in [0, 0.1) is 0 Å². The zero-order valence-corrected chi connectivity index (χ0v) is 18.1. The van der Waals surface area contributed by atoms with Crippen molar-refractivity contribution in [2.45, 2.75) is 18.4 Å². The molecule has 4 rings (SSSR count). The minimum atomic E-state index is -0.268. The molecule has 1 fully saturated rings. The number of halogens is 1. The lowest BCUT2D eigenvalue weighted by Gasteiger charge is -2.38. The van der Waals surface area contributed by atoms with E-state index in [2.05, 4.69) is 30.6 Å². The first-order valence-electron chi connectivity index (χ1n) is 9.95. The standard InChI is InChI=1S/C21H24ClN7O2/c1-28-13-24-20(27-28)29-10-9-19(17(12-29)18-8-7-16(31-2)11-23-18)26-21(30)25-15-5-3-14(22)4-6-15/h3-8,11,13,17,19H,9-10,12H2,1-2H3,(H2,25,26,30)/t17-,19+/m0/s1. The Morgan fingerprint density at radius 1 is 1.19 bits per heavy atom. The fourth-order valence-corrected chi connectivity index (χ4v) is 3.81. The number of amides is 2. The second-order valence-corrected chi connectivity index (χ2v) is 7.83. The van der Waals surface area contributed by atoms with Crippen LogP contribution in [0.3, 0.4) is 0 Å². The Kier molecular flexibility index (Phi) is 6.22. The zero-order chi connectivity index (χ0) is 21.8. The van der Waals surface area contributed by atoms with Gasteiger partial charge in [-0.25, -0.2) is 9.78 Å². The van der Waals surface area contributed by atoms with Gasteiger partial charge in [-0.2, -0.15) is 0 Å². The molecule has 0 saturated carbocycles. The molecule has 2 amide bonds. The quantitative estimate of drug-likeness (QED) is 0.631. The predicted octanol–water partition coefficient (Wildman–Crippen LogP) is 3.06. The van der Waals surface area contributed by atoms with Crippen molar-refractivity contribution in [2.75, 3.05) is 30.4 Å². The van der Waals surface area contributed by atoms with Crippen molar-refractivity contribution in [1.82, 2.24) is 25.1 Å². The Balaban J connectivity index is 1.51. The summed E-state index contributed by atoms with van der Waals surface area (Å²) >= 11 is 5.92. The summed E-state index contributed by atoms with van der Waals surface area (Å²) < 4.78 is 6.91. The number of nitrogens with one attached hydrogen (secondary N) is 2. The monoisotopic (exact) mass is 441 g/mol. The molecule has 10 heteroatoms. The summed E-state index contributed by atoms with van der Waals surface area (Å²) in [6, 6.07) is 10.4. The molecule has 9 nitrogen and oxygen atoms in total. The average molecular weight is 442 g/mol. The molecular formula is C21H24ClN7O2. The number of pyridine rings is 1. The molecule has 0 spiro atoms. The molecule has 3 aromatic rings. The van der Waals surface area contributed by atoms with Crippen LogP contribution in [0.15, 0.2) is 48.9 Å². The van der Waals surface area contributed by atoms with Crippen molar-refractivity contribution in [2.24, 2.45) is 7.05 Å². The van der Waals surface area contributed by atoms with E-state index in [0.717, 1.165) is 18.7 Å². The molecule has 3 heterocycles. The first-order chi connectivity index (χ1) is 15.0. The van der Waals surface area contributed by atoms with Crippen LogP contribution < -0.4 is 20.3 Å². The van der Waals surface area contributed by atoms with Crippen molar-refractivity contribution in [3.63, 3.8) is 0 Å². The summed E-state index contributed by atoms with van der Waals surface area (Å²) in [6.07, 6.45) is 4.10. The third-order valence-electron chi connectivity index (χ3n) is 5.28. The van der Waals surface area contributed by atoms with Gasteiger partial charge in [-0.3, -0.25) is 9.67 Å². The molecule has 0 bridgehead atoms. The number of rotatable bonds is 5. The van der Waals surface area contributed by atoms with Crippen LogP contribution in [-0.4, -0.2) is 52.0 Å². The number of piperidine rings is 1. The highest BCUT2D eigenvalue weighted by Gasteiger charge is 2.33. The highest BCUT2D eigenvalue weighted by Crippen LogP contribution is 2.29. The Hall–Kier alpha value is -3.33. The number of hydrogen-bond donors (Lipinski definition) is 2. The van der Waals surface area contributed by atoms with Crippen LogP contribution in [0.25, 0.3) is 0 Å². The molecule has 2 aromatic heterocycles. The Labute approximate surface area is 185 Å². The lowest BCUT2D eigenvalue weighted by Crippen LogP contribution is -2.51. The second kappa shape index (κ2) is 9.22. The van der Waals surface area contributed by atoms with Gasteiger partial charge in [-0.15, -0.1) is 5.10 Å². The van der Waals surface area contributed by atoms with Crippen LogP contribution in [0.1, 0.15) is 18.0 Å². The van der Waals surface area contributed by atoms with E-state index in [1.54, 1.807) is 48.6 Å². The van der Waals surface area contributed by atoms with Gasteiger partial charge in [0.1, 0.15) is 12.1 Å². The topological polar surface area (TPSA) is 97.2 Å². The molecule has 2 atom stereocenters. The highest BCUT2D eigenvalue weighted by atomic mass is 35.5. The third kappa shape index (κ3) is 5.05. The average Bonchev–Trinajstić information content (AvgIpc) is 3.22. The van der Waals surface area contributed by atoms with Crippen molar-refractivity contribution in [3.05, 3.63) is 59.6 Å². The number of aryl methyl sites for hydroxylation is 1. The number of carbonyl (C=O) groups is 1. The number of urea groups is 1. The SMILES string of the molecule is COc1ccc([C@@H]2CN(c3ncn(C)n3)CC[C@H]2NC(=O)Nc2ccc(Cl)cc2)nc1. The Bertz CT molecular complexity index is 1020. The normalized spacial score (nSPS) is 18.5. The van der Waals surface area contributed by atoms with Gasteiger partial charge in [0.15, 0.2) is 0 Å². The number of benzene rings is 1. The molecular weight excluding hydrogens is 418 g/mol. The second-order valence-electron chi connectivity index (χ2n) is 7.39. The number of hydrogen-bond acceptors (Lipinski definition) is 6. The minimum Gasteiger partial charge on any atom is -0.495 e. The Morgan fingerprint density at radius 2 is 2.00 bits per heavy atom. The van der Waals surface area contributed by atoms with Gasteiger partial charge in [0.25, 0.3) is 0 Å². The number of aromatic nitrogens is 4. The number of nitrogens with zero attached hydrogens (tertiary/aromatic N) is 5. The lowest BCUT2D eigenvalue weighted by atomic mass is 9.89. The van der Waals surface area contributed by atoms with E-state index in [0.29, 0.717) is 29.0 Å². The molecule has 1 aromatic carbocycles. The van der Waals surface area contributed by atoms with Gasteiger partial charge < -0.3 is 20.3 Å². The van der Waals surface area contributed by atoms with Gasteiger partial charge >= 0.3 is 6.03 Å². The molecule has 1 aliphatic heterocycles. The van der Waals surface area contributed by atoms with E-state index < -0.39 is 0 Å². The van der Waals surface area contributed by atoms with Crippen molar-refractivity contribution in [1.29, 1.82) is 0 Å². The minimum absolute atomic E-state index is 0.0422. The third-order valence-corrected chi connectivity index (χ3v) is 5.53. The van der Waals surface area contributed by atoms with Crippen LogP contribution in [0.5, 0.6) is 5.75 Å². The molecule has 0 unspecified atom stereocenters. The number of ether oxygens (including phenoxy) is 1. The first-order valence-corrected chi connectivity index (χ1v) is 10.3. The van der Waals surface area contributed by atoms with Gasteiger partial charge in [0, 0.05) is 48.5 Å². The van der Waals surface area contributed by atoms with Crippen LogP contribution in [-0.2, 0) is 7.05 Å². The lowest BCUT2D eigenvalue weighted by molar-refractivity contribution is 0.243. The highest BCUT2D eigenvalue weighted by molar-refractivity contribution is 6.30. The van der Waals surface area contributed by atoms with Gasteiger partial charge in [-0.1, -0.05) is 11.6 Å². The molecule has 1 aliphatic rings. The molecule has 0 aliphatic carbocycles. The van der Waals surface area contributed by atoms with E-state index in [9.17, 15) is 4.79 Å². The molecule has 0 radical (unpaired) electrons. The Morgan fingerprint density at radius 3 is 2.65 bits per heavy atom. The van der Waals surface area contributed by atoms with Crippen LogP contribution in [0.2, 0.25) is 5.02 Å². The van der Waals surface area contributed by atoms with Crippen LogP contribution >= 0.6 is 11.6 Å². The maximum Gasteiger partial charge on any atom is 0.319 e. The van der Waals surface area contributed by atoms with Crippen molar-refractivity contribution >= 4 is 29.3 Å². The summed E-state index contributed by atoms with van der Waals surface area (Å²) in [7, 11) is 3.45. The zero-order valence-electron chi connectivity index (χ0n) is 17.3. The van der Waals surface area contributed by atoms with Gasteiger partial charge in [-0.05, 0) is 42.8 Å². The van der Waals surface area contributed by atoms with E-state index >= 15 is 0 Å². The van der Waals surface area contributed by atoms with Crippen molar-refractivity contribution in [3.8, 4) is 5.75 Å². The van der Waals surface area contributed by atoms with E-state index in [1.165, 1.54) is 0 Å². The number of methoxy groups -OCH3 is 1. The number of carbonyl (C=O) groups excluding carboxylic acids is 1. The number of anilines is 2. The summed E-state index contributed by atoms with van der Waals surface area (Å²) in [5.41, 5.74) is 1.55. The fraction of sp³-hybridized carbons (Fsp3) is 0.333. The maximum atomic E-state index is 12.7. The van der Waals surface area contributed by atoms with E-state index in [1.807, 2.05) is 19.2 Å². The smallest absolute Gasteiger partial charge is 0.319 e. The summed E-state index contributed by atoms with van der Waals surface area (Å²) in [6.45, 7) is 1.36. The molecule has 1 saturated heterocycles.